The Morgan fingerprint density at radius 3 is 2.96 bits per heavy atom. The third-order valence-corrected chi connectivity index (χ3v) is 4.67. The van der Waals surface area contributed by atoms with Crippen LogP contribution in [0.5, 0.6) is 0 Å². The van der Waals surface area contributed by atoms with Crippen molar-refractivity contribution >= 4 is 11.6 Å². The summed E-state index contributed by atoms with van der Waals surface area (Å²) in [4.78, 5) is 20.6. The third kappa shape index (κ3) is 3.31. The second-order valence-corrected chi connectivity index (χ2v) is 6.44. The highest BCUT2D eigenvalue weighted by Gasteiger charge is 2.28. The van der Waals surface area contributed by atoms with Gasteiger partial charge in [-0.1, -0.05) is 17.3 Å². The fraction of sp³-hybridized carbons (Fsp3) is 0.444. The van der Waals surface area contributed by atoms with Crippen LogP contribution in [0.1, 0.15) is 36.2 Å². The van der Waals surface area contributed by atoms with Crippen LogP contribution in [0, 0.1) is 11.3 Å². The second-order valence-electron chi connectivity index (χ2n) is 6.44. The number of aromatic nitrogens is 2. The van der Waals surface area contributed by atoms with Crippen LogP contribution < -0.4 is 4.90 Å². The van der Waals surface area contributed by atoms with Crippen LogP contribution >= 0.6 is 0 Å². The van der Waals surface area contributed by atoms with Crippen molar-refractivity contribution in [1.29, 1.82) is 5.26 Å². The summed E-state index contributed by atoms with van der Waals surface area (Å²) in [5.41, 5.74) is 1.17. The van der Waals surface area contributed by atoms with Gasteiger partial charge in [-0.2, -0.15) is 10.2 Å². The molecule has 1 amide bonds. The zero-order chi connectivity index (χ0) is 17.9. The molecule has 2 aliphatic heterocycles. The predicted octanol–water partition coefficient (Wildman–Crippen LogP) is 1.64. The molecular weight excluding hydrogens is 334 g/mol. The molecule has 2 saturated heterocycles. The van der Waals surface area contributed by atoms with E-state index in [4.69, 9.17) is 9.26 Å². The third-order valence-electron chi connectivity index (χ3n) is 4.67. The average Bonchev–Trinajstić information content (AvgIpc) is 3.33. The molecule has 3 heterocycles. The summed E-state index contributed by atoms with van der Waals surface area (Å²) in [6.07, 6.45) is 1.80. The first-order valence-corrected chi connectivity index (χ1v) is 8.70. The van der Waals surface area contributed by atoms with Gasteiger partial charge in [0.1, 0.15) is 12.2 Å². The molecule has 0 bridgehead atoms. The van der Waals surface area contributed by atoms with E-state index in [9.17, 15) is 10.1 Å². The summed E-state index contributed by atoms with van der Waals surface area (Å²) in [7, 11) is 0. The first-order chi connectivity index (χ1) is 12.7. The van der Waals surface area contributed by atoms with Crippen molar-refractivity contribution in [2.45, 2.75) is 25.5 Å². The molecule has 2 aromatic rings. The molecule has 8 nitrogen and oxygen atoms in total. The van der Waals surface area contributed by atoms with Crippen molar-refractivity contribution < 1.29 is 14.1 Å². The minimum atomic E-state index is -0.0998. The Kier molecular flexibility index (Phi) is 4.65. The molecule has 2 aliphatic rings. The molecule has 4 rings (SSSR count). The lowest BCUT2D eigenvalue weighted by molar-refractivity contribution is -0.121. The van der Waals surface area contributed by atoms with Crippen molar-refractivity contribution in [3.05, 3.63) is 41.5 Å². The van der Waals surface area contributed by atoms with Crippen LogP contribution in [0.15, 0.2) is 28.8 Å². The average molecular weight is 353 g/mol. The van der Waals surface area contributed by atoms with Gasteiger partial charge in [-0.3, -0.25) is 9.69 Å². The Balaban J connectivity index is 1.40. The number of anilines is 1. The molecule has 0 radical (unpaired) electrons. The van der Waals surface area contributed by atoms with Gasteiger partial charge < -0.3 is 14.2 Å². The Hall–Kier alpha value is -2.76. The van der Waals surface area contributed by atoms with Gasteiger partial charge in [-0.15, -0.1) is 0 Å². The Bertz CT molecular complexity index is 837. The number of hydrogen-bond donors (Lipinski definition) is 0. The van der Waals surface area contributed by atoms with Crippen LogP contribution in [-0.2, 0) is 16.1 Å². The molecule has 2 fully saturated rings. The van der Waals surface area contributed by atoms with Gasteiger partial charge >= 0.3 is 0 Å². The van der Waals surface area contributed by atoms with Gasteiger partial charge in [0, 0.05) is 19.7 Å². The molecule has 0 N–H and O–H groups in total. The quantitative estimate of drug-likeness (QED) is 0.824. The monoisotopic (exact) mass is 353 g/mol. The molecule has 1 aromatic heterocycles. The number of benzene rings is 1. The van der Waals surface area contributed by atoms with E-state index in [2.05, 4.69) is 16.2 Å². The number of rotatable bonds is 4. The number of hydrogen-bond acceptors (Lipinski definition) is 7. The molecule has 1 aromatic carbocycles. The summed E-state index contributed by atoms with van der Waals surface area (Å²) >= 11 is 0. The summed E-state index contributed by atoms with van der Waals surface area (Å²) in [5.74, 6) is 1.04. The highest BCUT2D eigenvalue weighted by molar-refractivity contribution is 5.96. The molecule has 1 atom stereocenters. The molecule has 0 spiro atoms. The zero-order valence-corrected chi connectivity index (χ0v) is 14.3. The van der Waals surface area contributed by atoms with E-state index in [0.29, 0.717) is 42.6 Å². The van der Waals surface area contributed by atoms with E-state index >= 15 is 0 Å². The van der Waals surface area contributed by atoms with Crippen molar-refractivity contribution in [2.75, 3.05) is 31.1 Å². The van der Waals surface area contributed by atoms with Gasteiger partial charge in [0.05, 0.1) is 24.3 Å². The molecule has 134 valence electrons. The summed E-state index contributed by atoms with van der Waals surface area (Å²) in [6.45, 7) is 2.63. The number of nitriles is 1. The number of piperazine rings is 1. The van der Waals surface area contributed by atoms with Gasteiger partial charge in [0.15, 0.2) is 5.82 Å². The summed E-state index contributed by atoms with van der Waals surface area (Å²) < 4.78 is 10.8. The van der Waals surface area contributed by atoms with E-state index < -0.39 is 0 Å². The largest absolute Gasteiger partial charge is 0.368 e. The fourth-order valence-corrected chi connectivity index (χ4v) is 3.35. The normalized spacial score (nSPS) is 21.1. The molecule has 26 heavy (non-hydrogen) atoms. The van der Waals surface area contributed by atoms with Crippen molar-refractivity contribution in [3.63, 3.8) is 0 Å². The molecule has 1 unspecified atom stereocenters. The van der Waals surface area contributed by atoms with Crippen LogP contribution in [0.4, 0.5) is 5.69 Å². The highest BCUT2D eigenvalue weighted by atomic mass is 16.5. The Labute approximate surface area is 150 Å². The van der Waals surface area contributed by atoms with Gasteiger partial charge in [-0.05, 0) is 25.0 Å². The second kappa shape index (κ2) is 7.23. The Morgan fingerprint density at radius 1 is 1.31 bits per heavy atom. The SMILES string of the molecule is N#Cc1ccccc1N1CCN(Cc2noc(C3CCCO3)n2)CC1=O. The van der Waals surface area contributed by atoms with E-state index in [0.717, 1.165) is 19.4 Å². The molecule has 0 saturated carbocycles. The minimum absolute atomic E-state index is 0.0400. The maximum atomic E-state index is 12.6. The Morgan fingerprint density at radius 2 is 2.19 bits per heavy atom. The van der Waals surface area contributed by atoms with Gasteiger partial charge in [-0.25, -0.2) is 0 Å². The van der Waals surface area contributed by atoms with E-state index in [1.54, 1.807) is 23.1 Å². The predicted molar refractivity (Wildman–Crippen MR) is 91.0 cm³/mol. The number of amides is 1. The van der Waals surface area contributed by atoms with Crippen molar-refractivity contribution in [1.82, 2.24) is 15.0 Å². The van der Waals surface area contributed by atoms with Crippen molar-refractivity contribution in [2.24, 2.45) is 0 Å². The standard InChI is InChI=1S/C18H19N5O3/c19-10-13-4-1-2-5-14(13)23-8-7-22(12-17(23)24)11-16-20-18(26-21-16)15-6-3-9-25-15/h1-2,4-5,15H,3,6-9,11-12H2. The number of carbonyl (C=O) groups excluding carboxylic acids is 1. The van der Waals surface area contributed by atoms with Crippen LogP contribution in [0.25, 0.3) is 0 Å². The van der Waals surface area contributed by atoms with Crippen molar-refractivity contribution in [3.8, 4) is 6.07 Å². The fourth-order valence-electron chi connectivity index (χ4n) is 3.35. The number of nitrogens with zero attached hydrogens (tertiary/aromatic N) is 5. The van der Waals surface area contributed by atoms with Gasteiger partial charge in [0.25, 0.3) is 5.89 Å². The first kappa shape index (κ1) is 16.7. The van der Waals surface area contributed by atoms with Gasteiger partial charge in [0.2, 0.25) is 5.91 Å². The van der Waals surface area contributed by atoms with Crippen LogP contribution in [0.2, 0.25) is 0 Å². The van der Waals surface area contributed by atoms with E-state index in [1.165, 1.54) is 0 Å². The first-order valence-electron chi connectivity index (χ1n) is 8.70. The molecule has 8 heteroatoms. The lowest BCUT2D eigenvalue weighted by Crippen LogP contribution is -2.50. The minimum Gasteiger partial charge on any atom is -0.368 e. The number of carbonyl (C=O) groups is 1. The summed E-state index contributed by atoms with van der Waals surface area (Å²) in [5, 5.41) is 13.2. The highest BCUT2D eigenvalue weighted by Crippen LogP contribution is 2.27. The lowest BCUT2D eigenvalue weighted by Gasteiger charge is -2.34. The molecular formula is C18H19N5O3. The topological polar surface area (TPSA) is 95.5 Å². The maximum absolute atomic E-state index is 12.6. The zero-order valence-electron chi connectivity index (χ0n) is 14.3. The van der Waals surface area contributed by atoms with Crippen LogP contribution in [0.3, 0.4) is 0 Å². The van der Waals surface area contributed by atoms with Crippen LogP contribution in [-0.4, -0.2) is 47.2 Å². The van der Waals surface area contributed by atoms with E-state index in [-0.39, 0.29) is 18.6 Å². The number of ether oxygens (including phenoxy) is 1. The lowest BCUT2D eigenvalue weighted by atomic mass is 10.1. The van der Waals surface area contributed by atoms with E-state index in [1.807, 2.05) is 11.0 Å². The summed E-state index contributed by atoms with van der Waals surface area (Å²) in [6, 6.07) is 9.30. The smallest absolute Gasteiger partial charge is 0.255 e. The molecule has 0 aliphatic carbocycles. The number of para-hydroxylation sites is 1. The maximum Gasteiger partial charge on any atom is 0.255 e.